The first kappa shape index (κ1) is 13.2. The third-order valence-corrected chi connectivity index (χ3v) is 9.81. The molecule has 0 aromatic carbocycles. The zero-order valence-electron chi connectivity index (χ0n) is 10.6. The maximum absolute atomic E-state index is 5.95. The minimum Gasteiger partial charge on any atom is -0.419 e. The predicted octanol–water partition coefficient (Wildman–Crippen LogP) is 4.20. The first-order chi connectivity index (χ1) is 5.62. The zero-order chi connectivity index (χ0) is 10.9. The predicted molar refractivity (Wildman–Crippen MR) is 62.7 cm³/mol. The number of hydrogen-bond donors (Lipinski definition) is 0. The Bertz CT molecular complexity index is 142. The molecular formula is C11H26OSi. The molecular weight excluding hydrogens is 176 g/mol. The summed E-state index contributed by atoms with van der Waals surface area (Å²) >= 11 is 0. The Morgan fingerprint density at radius 1 is 0.923 bits per heavy atom. The summed E-state index contributed by atoms with van der Waals surface area (Å²) in [6.45, 7) is 16.2. The minimum absolute atomic E-state index is 0.314. The first-order valence-electron chi connectivity index (χ1n) is 5.17. The van der Waals surface area contributed by atoms with Gasteiger partial charge in [0, 0.05) is 7.11 Å². The molecule has 0 aromatic heterocycles. The average Bonchev–Trinajstić information content (AvgIpc) is 1.84. The van der Waals surface area contributed by atoms with Crippen molar-refractivity contribution in [1.82, 2.24) is 0 Å². The molecule has 1 nitrogen and oxygen atoms in total. The molecule has 0 rings (SSSR count). The average molecular weight is 202 g/mol. The van der Waals surface area contributed by atoms with E-state index in [-0.39, 0.29) is 0 Å². The van der Waals surface area contributed by atoms with Gasteiger partial charge in [0.1, 0.15) is 0 Å². The van der Waals surface area contributed by atoms with Crippen molar-refractivity contribution in [2.75, 3.05) is 7.11 Å². The van der Waals surface area contributed by atoms with Crippen LogP contribution in [0.5, 0.6) is 0 Å². The van der Waals surface area contributed by atoms with Crippen LogP contribution < -0.4 is 0 Å². The molecule has 0 saturated carbocycles. The molecule has 0 aromatic rings. The summed E-state index contributed by atoms with van der Waals surface area (Å²) < 4.78 is 5.95. The maximum Gasteiger partial charge on any atom is 0.202 e. The van der Waals surface area contributed by atoms with E-state index in [4.69, 9.17) is 4.43 Å². The molecule has 80 valence electrons. The van der Waals surface area contributed by atoms with Crippen LogP contribution >= 0.6 is 0 Å². The monoisotopic (exact) mass is 202 g/mol. The third kappa shape index (κ3) is 2.16. The van der Waals surface area contributed by atoms with Gasteiger partial charge < -0.3 is 4.43 Å². The lowest BCUT2D eigenvalue weighted by Gasteiger charge is -2.49. The van der Waals surface area contributed by atoms with Gasteiger partial charge in [-0.1, -0.05) is 48.5 Å². The van der Waals surface area contributed by atoms with Gasteiger partial charge in [-0.25, -0.2) is 0 Å². The van der Waals surface area contributed by atoms with Crippen molar-refractivity contribution in [2.45, 2.75) is 64.6 Å². The summed E-state index contributed by atoms with van der Waals surface area (Å²) in [6, 6.07) is 1.19. The fourth-order valence-corrected chi connectivity index (χ4v) is 8.83. The molecule has 0 aliphatic carbocycles. The van der Waals surface area contributed by atoms with E-state index in [1.807, 2.05) is 7.11 Å². The molecule has 0 heterocycles. The van der Waals surface area contributed by atoms with Crippen LogP contribution in [0.25, 0.3) is 0 Å². The van der Waals surface area contributed by atoms with Crippen LogP contribution in [0.4, 0.5) is 0 Å². The van der Waals surface area contributed by atoms with Crippen LogP contribution in [0.3, 0.4) is 0 Å². The second-order valence-electron chi connectivity index (χ2n) is 5.88. The molecule has 0 aliphatic rings. The van der Waals surface area contributed by atoms with Crippen molar-refractivity contribution in [3.05, 3.63) is 0 Å². The summed E-state index contributed by atoms with van der Waals surface area (Å²) in [5.74, 6) is 0. The molecule has 0 N–H and O–H groups in total. The minimum atomic E-state index is -1.65. The highest BCUT2D eigenvalue weighted by Gasteiger charge is 2.52. The van der Waals surface area contributed by atoms with Crippen molar-refractivity contribution in [2.24, 2.45) is 0 Å². The fourth-order valence-electron chi connectivity index (χ4n) is 2.94. The van der Waals surface area contributed by atoms with Crippen molar-refractivity contribution in [1.29, 1.82) is 0 Å². The van der Waals surface area contributed by atoms with Crippen LogP contribution in [0.2, 0.25) is 16.1 Å². The van der Waals surface area contributed by atoms with Crippen molar-refractivity contribution < 1.29 is 4.43 Å². The molecule has 0 aliphatic heterocycles. The van der Waals surface area contributed by atoms with Gasteiger partial charge in [0.2, 0.25) is 8.32 Å². The van der Waals surface area contributed by atoms with E-state index in [1.165, 1.54) is 6.04 Å². The molecule has 0 atom stereocenters. The molecule has 0 radical (unpaired) electrons. The Hall–Kier alpha value is 0.177. The van der Waals surface area contributed by atoms with Crippen LogP contribution in [-0.2, 0) is 4.43 Å². The highest BCUT2D eigenvalue weighted by Crippen LogP contribution is 2.53. The Balaban J connectivity index is 5.17. The quantitative estimate of drug-likeness (QED) is 0.610. The van der Waals surface area contributed by atoms with Gasteiger partial charge in [-0.2, -0.15) is 0 Å². The highest BCUT2D eigenvalue weighted by molar-refractivity contribution is 6.79. The van der Waals surface area contributed by atoms with Crippen LogP contribution in [-0.4, -0.2) is 15.4 Å². The largest absolute Gasteiger partial charge is 0.419 e. The Morgan fingerprint density at radius 3 is 1.23 bits per heavy atom. The summed E-state index contributed by atoms with van der Waals surface area (Å²) in [5.41, 5.74) is 0. The summed E-state index contributed by atoms with van der Waals surface area (Å²) in [4.78, 5) is 0. The normalized spacial score (nSPS) is 14.8. The van der Waals surface area contributed by atoms with Crippen LogP contribution in [0.15, 0.2) is 0 Å². The van der Waals surface area contributed by atoms with Gasteiger partial charge in [-0.15, -0.1) is 0 Å². The fraction of sp³-hybridized carbons (Fsp3) is 1.00. The second-order valence-corrected chi connectivity index (χ2v) is 11.7. The molecule has 0 unspecified atom stereocenters. The molecule has 13 heavy (non-hydrogen) atoms. The zero-order valence-corrected chi connectivity index (χ0v) is 11.6. The Labute approximate surface area is 85.0 Å². The van der Waals surface area contributed by atoms with E-state index >= 15 is 0 Å². The standard InChI is InChI=1S/C11H26OSi/c1-9-13(12-8,10(2,3)4)11(5,6)7/h9H2,1-8H3. The maximum atomic E-state index is 5.95. The van der Waals surface area contributed by atoms with Crippen LogP contribution in [0.1, 0.15) is 48.5 Å². The molecule has 0 fully saturated rings. The van der Waals surface area contributed by atoms with E-state index in [1.54, 1.807) is 0 Å². The smallest absolute Gasteiger partial charge is 0.202 e. The van der Waals surface area contributed by atoms with E-state index in [0.29, 0.717) is 10.1 Å². The summed E-state index contributed by atoms with van der Waals surface area (Å²) in [7, 11) is 0.248. The van der Waals surface area contributed by atoms with Crippen molar-refractivity contribution in [3.63, 3.8) is 0 Å². The lowest BCUT2D eigenvalue weighted by Crippen LogP contribution is -2.53. The highest BCUT2D eigenvalue weighted by atomic mass is 28.4. The molecule has 0 bridgehead atoms. The van der Waals surface area contributed by atoms with Gasteiger partial charge in [-0.05, 0) is 16.1 Å². The SMILES string of the molecule is CC[Si](OC)(C(C)(C)C)C(C)(C)C. The molecule has 0 saturated heterocycles. The second kappa shape index (κ2) is 3.74. The molecule has 0 amide bonds. The van der Waals surface area contributed by atoms with E-state index in [9.17, 15) is 0 Å². The number of hydrogen-bond acceptors (Lipinski definition) is 1. The summed E-state index contributed by atoms with van der Waals surface area (Å²) in [5, 5.41) is 0.628. The van der Waals surface area contributed by atoms with E-state index < -0.39 is 8.32 Å². The first-order valence-corrected chi connectivity index (χ1v) is 7.29. The summed E-state index contributed by atoms with van der Waals surface area (Å²) in [6.07, 6.45) is 0. The molecule has 0 spiro atoms. The lowest BCUT2D eigenvalue weighted by molar-refractivity contribution is 0.327. The van der Waals surface area contributed by atoms with Gasteiger partial charge in [0.05, 0.1) is 0 Å². The third-order valence-electron chi connectivity index (χ3n) is 3.27. The molecule has 2 heteroatoms. The van der Waals surface area contributed by atoms with E-state index in [2.05, 4.69) is 48.5 Å². The lowest BCUT2D eigenvalue weighted by atomic mass is 10.2. The van der Waals surface area contributed by atoms with Crippen molar-refractivity contribution >= 4 is 8.32 Å². The topological polar surface area (TPSA) is 9.23 Å². The van der Waals surface area contributed by atoms with Crippen molar-refractivity contribution in [3.8, 4) is 0 Å². The van der Waals surface area contributed by atoms with Gasteiger partial charge in [0.25, 0.3) is 0 Å². The van der Waals surface area contributed by atoms with Gasteiger partial charge >= 0.3 is 0 Å². The van der Waals surface area contributed by atoms with Crippen LogP contribution in [0, 0.1) is 0 Å². The number of rotatable bonds is 2. The Morgan fingerprint density at radius 2 is 1.23 bits per heavy atom. The van der Waals surface area contributed by atoms with Gasteiger partial charge in [0.15, 0.2) is 0 Å². The Kier molecular flexibility index (Phi) is 3.79. The van der Waals surface area contributed by atoms with Gasteiger partial charge in [-0.3, -0.25) is 0 Å². The van der Waals surface area contributed by atoms with E-state index in [0.717, 1.165) is 0 Å².